The average molecular weight is 675 g/mol. The van der Waals surface area contributed by atoms with Crippen LogP contribution in [0.1, 0.15) is 25.1 Å². The number of benzene rings is 1. The first-order valence-electron chi connectivity index (χ1n) is 13.9. The number of amides is 2. The first kappa shape index (κ1) is 34.3. The van der Waals surface area contributed by atoms with Crippen LogP contribution in [0.5, 0.6) is 11.5 Å². The molecular weight excluding hydrogens is 640 g/mol. The van der Waals surface area contributed by atoms with E-state index in [1.807, 2.05) is 20.2 Å². The largest absolute Gasteiger partial charge is 0.543 e. The van der Waals surface area contributed by atoms with Crippen LogP contribution in [0, 0.1) is 0 Å². The summed E-state index contributed by atoms with van der Waals surface area (Å²) in [6.45, 7) is 3.68. The summed E-state index contributed by atoms with van der Waals surface area (Å²) in [6.07, 6.45) is 4.09. The second-order valence-corrected chi connectivity index (χ2v) is 13.8. The number of nitrogens with two attached hydrogens (primary N) is 1. The first-order valence-corrected chi connectivity index (χ1v) is 15.8. The van der Waals surface area contributed by atoms with Gasteiger partial charge in [-0.15, -0.1) is 23.1 Å². The van der Waals surface area contributed by atoms with Crippen LogP contribution in [0.2, 0.25) is 0 Å². The summed E-state index contributed by atoms with van der Waals surface area (Å²) in [5, 5.41) is 47.8. The van der Waals surface area contributed by atoms with Gasteiger partial charge in [0.2, 0.25) is 5.60 Å². The fraction of sp³-hybridized carbons (Fsp3) is 0.379. The molecule has 1 saturated heterocycles. The van der Waals surface area contributed by atoms with Crippen molar-refractivity contribution >= 4 is 57.7 Å². The number of thiazole rings is 1. The lowest BCUT2D eigenvalue weighted by Crippen LogP contribution is -2.71. The Labute approximate surface area is 272 Å². The van der Waals surface area contributed by atoms with Gasteiger partial charge >= 0.3 is 5.97 Å². The number of hydrogen-bond acceptors (Lipinski definition) is 13. The molecule has 6 N–H and O–H groups in total. The fourth-order valence-electron chi connectivity index (χ4n) is 4.50. The van der Waals surface area contributed by atoms with Gasteiger partial charge in [0.05, 0.1) is 38.9 Å². The van der Waals surface area contributed by atoms with Crippen molar-refractivity contribution in [3.8, 4) is 11.5 Å². The van der Waals surface area contributed by atoms with Gasteiger partial charge in [0.1, 0.15) is 17.1 Å². The molecule has 15 nitrogen and oxygen atoms in total. The summed E-state index contributed by atoms with van der Waals surface area (Å²) >= 11 is 2.27. The number of likely N-dealkylation sites (N-methyl/N-ethyl adjacent to an activating group) is 1. The highest BCUT2D eigenvalue weighted by molar-refractivity contribution is 8.00. The van der Waals surface area contributed by atoms with Gasteiger partial charge in [0, 0.05) is 17.6 Å². The van der Waals surface area contributed by atoms with Gasteiger partial charge in [0.15, 0.2) is 22.3 Å². The molecule has 1 aromatic heterocycles. The Hall–Kier alpha value is -4.61. The zero-order valence-corrected chi connectivity index (χ0v) is 27.1. The molecule has 1 fully saturated rings. The van der Waals surface area contributed by atoms with Crippen molar-refractivity contribution in [2.24, 2.45) is 5.16 Å². The van der Waals surface area contributed by atoms with Crippen molar-refractivity contribution in [2.45, 2.75) is 37.3 Å². The summed E-state index contributed by atoms with van der Waals surface area (Å²) < 4.78 is 0.528. The van der Waals surface area contributed by atoms with E-state index in [2.05, 4.69) is 15.5 Å². The van der Waals surface area contributed by atoms with E-state index in [9.17, 15) is 39.6 Å². The number of anilines is 1. The summed E-state index contributed by atoms with van der Waals surface area (Å²) in [4.78, 5) is 60.3. The van der Waals surface area contributed by atoms with E-state index >= 15 is 0 Å². The zero-order valence-electron chi connectivity index (χ0n) is 25.4. The minimum Gasteiger partial charge on any atom is -0.543 e. The molecule has 246 valence electrons. The van der Waals surface area contributed by atoms with E-state index in [1.54, 1.807) is 12.1 Å². The number of thioether (sulfide) groups is 1. The number of rotatable bonds is 13. The van der Waals surface area contributed by atoms with Gasteiger partial charge in [-0.3, -0.25) is 14.5 Å². The highest BCUT2D eigenvalue weighted by Gasteiger charge is 2.53. The maximum Gasteiger partial charge on any atom is 0.350 e. The fourth-order valence-corrected chi connectivity index (χ4v) is 6.36. The normalized spacial score (nSPS) is 18.7. The van der Waals surface area contributed by atoms with Crippen LogP contribution in [0.15, 0.2) is 52.2 Å². The summed E-state index contributed by atoms with van der Waals surface area (Å²) in [5.41, 5.74) is 4.46. The minimum absolute atomic E-state index is 0.00592. The molecule has 0 aliphatic carbocycles. The Balaban J connectivity index is 1.45. The summed E-state index contributed by atoms with van der Waals surface area (Å²) in [6, 6.07) is 3.56. The van der Waals surface area contributed by atoms with E-state index < -0.39 is 46.5 Å². The van der Waals surface area contributed by atoms with Crippen molar-refractivity contribution in [1.29, 1.82) is 0 Å². The quantitative estimate of drug-likeness (QED) is 0.0622. The number of aliphatic carboxylic acids is 2. The zero-order chi connectivity index (χ0) is 34.0. The smallest absolute Gasteiger partial charge is 0.350 e. The number of oxime groups is 1. The lowest BCUT2D eigenvalue weighted by molar-refractivity contribution is -0.884. The van der Waals surface area contributed by atoms with Crippen molar-refractivity contribution in [3.63, 3.8) is 0 Å². The number of carbonyl (C=O) groups excluding carboxylic acids is 3. The Morgan fingerprint density at radius 3 is 2.61 bits per heavy atom. The highest BCUT2D eigenvalue weighted by Crippen LogP contribution is 2.40. The number of nitrogen functional groups attached to an aromatic ring is 1. The molecular formula is C29H34N6O9S2. The number of aromatic nitrogens is 1. The number of quaternary nitrogens is 1. The molecule has 0 radical (unpaired) electrons. The molecule has 46 heavy (non-hydrogen) atoms. The van der Waals surface area contributed by atoms with Gasteiger partial charge < -0.3 is 45.6 Å². The number of phenolic OH excluding ortho intramolecular Hbond substituents is 2. The van der Waals surface area contributed by atoms with Crippen LogP contribution in [-0.2, 0) is 30.4 Å². The predicted octanol–water partition coefficient (Wildman–Crippen LogP) is -0.000400. The van der Waals surface area contributed by atoms with Gasteiger partial charge in [-0.1, -0.05) is 17.3 Å². The average Bonchev–Trinajstić information content (AvgIpc) is 3.41. The first-order chi connectivity index (χ1) is 21.5. The van der Waals surface area contributed by atoms with E-state index in [4.69, 9.17) is 10.6 Å². The van der Waals surface area contributed by atoms with E-state index in [-0.39, 0.29) is 33.8 Å². The topological polar surface area (TPSA) is 228 Å². The van der Waals surface area contributed by atoms with E-state index in [0.717, 1.165) is 21.8 Å². The second-order valence-electron chi connectivity index (χ2n) is 11.8. The molecule has 1 aromatic carbocycles. The molecule has 2 aliphatic rings. The minimum atomic E-state index is -1.78. The third-order valence-electron chi connectivity index (χ3n) is 7.30. The summed E-state index contributed by atoms with van der Waals surface area (Å²) in [7, 11) is 3.98. The van der Waals surface area contributed by atoms with E-state index in [0.29, 0.717) is 29.6 Å². The number of carboxylic acids is 2. The molecule has 2 amide bonds. The van der Waals surface area contributed by atoms with Crippen LogP contribution < -0.4 is 16.2 Å². The molecule has 2 atom stereocenters. The lowest BCUT2D eigenvalue weighted by Gasteiger charge is -2.50. The van der Waals surface area contributed by atoms with Crippen LogP contribution in [0.3, 0.4) is 0 Å². The monoisotopic (exact) mass is 674 g/mol. The predicted molar refractivity (Wildman–Crippen MR) is 167 cm³/mol. The van der Waals surface area contributed by atoms with Crippen LogP contribution in [0.4, 0.5) is 5.13 Å². The number of nitrogens with zero attached hydrogens (tertiary/aromatic N) is 4. The summed E-state index contributed by atoms with van der Waals surface area (Å²) in [5.74, 6) is -4.58. The van der Waals surface area contributed by atoms with E-state index in [1.165, 1.54) is 43.1 Å². The molecule has 4 rings (SSSR count). The highest BCUT2D eigenvalue weighted by atomic mass is 32.2. The number of allylic oxidation sites excluding steroid dienone is 1. The number of carboxylic acid groups (broad SMARTS) is 2. The third-order valence-corrected chi connectivity index (χ3v) is 9.28. The molecule has 2 aliphatic heterocycles. The molecule has 1 unspecified atom stereocenters. The van der Waals surface area contributed by atoms with Crippen molar-refractivity contribution in [3.05, 3.63) is 58.3 Å². The van der Waals surface area contributed by atoms with Crippen LogP contribution >= 0.6 is 23.1 Å². The number of nitrogens with one attached hydrogen (secondary N) is 1. The molecule has 17 heteroatoms. The molecule has 0 spiro atoms. The van der Waals surface area contributed by atoms with Gasteiger partial charge in [-0.05, 0) is 43.2 Å². The maximum atomic E-state index is 13.3. The number of carbonyl (C=O) groups is 4. The Kier molecular flexibility index (Phi) is 9.98. The van der Waals surface area contributed by atoms with Gasteiger partial charge in [-0.2, -0.15) is 0 Å². The maximum absolute atomic E-state index is 13.3. The van der Waals surface area contributed by atoms with Crippen molar-refractivity contribution < 1.29 is 48.9 Å². The lowest BCUT2D eigenvalue weighted by atomic mass is 10.0. The van der Waals surface area contributed by atoms with Crippen LogP contribution in [-0.4, -0.2) is 109 Å². The Bertz CT molecular complexity index is 1650. The van der Waals surface area contributed by atoms with Crippen LogP contribution in [0.25, 0.3) is 0 Å². The van der Waals surface area contributed by atoms with Gasteiger partial charge in [0.25, 0.3) is 11.8 Å². The number of fused-ring (bicyclic) bond motifs is 1. The standard InChI is InChI=1S/C29H34N6O9S2/c1-29(2,27(42)43)44-33-20(17-14-46-28(30)31-17)23(38)32-21-24(39)34-22(26(40)41)16(13-45-25(21)34)6-5-10-35(3,4)11-9-15-7-8-18(36)19(37)12-15/h5-8,12,14,21,25H,9-11,13H2,1-4H3,(H6-,30,31,32,33,36,37,38,40,41,42,43)/b6-5+/t21?,25-/m0/s1. The molecule has 0 bridgehead atoms. The molecule has 2 aromatic rings. The Morgan fingerprint density at radius 2 is 2.00 bits per heavy atom. The van der Waals surface area contributed by atoms with Crippen molar-refractivity contribution in [2.75, 3.05) is 38.7 Å². The molecule has 0 saturated carbocycles. The second kappa shape index (κ2) is 13.4. The Morgan fingerprint density at radius 1 is 1.28 bits per heavy atom. The number of hydrogen-bond donors (Lipinski definition) is 5. The number of phenols is 2. The number of β-lactam (4-membered cyclic amide) rings is 1. The van der Waals surface area contributed by atoms with Gasteiger partial charge in [-0.25, -0.2) is 9.78 Å². The third kappa shape index (κ3) is 7.60. The number of aromatic hydroxyl groups is 2. The SMILES string of the molecule is CC(C)(O/N=C(\C(=O)NC1C(=O)N2C(C(=O)[O-])=C(/C=C/C[N+](C)(C)CCc3ccc(O)c(O)c3)CS[C@@H]12)c1csc(N)n1)C(=O)O. The van der Waals surface area contributed by atoms with Crippen molar-refractivity contribution in [1.82, 2.24) is 15.2 Å². The molecule has 3 heterocycles.